The molecule has 1 fully saturated rings. The molecule has 2 heterocycles. The fourth-order valence-corrected chi connectivity index (χ4v) is 3.67. The summed E-state index contributed by atoms with van der Waals surface area (Å²) in [4.78, 5) is 30.1. The number of ether oxygens (including phenoxy) is 3. The second kappa shape index (κ2) is 10.3. The van der Waals surface area contributed by atoms with Crippen molar-refractivity contribution in [2.75, 3.05) is 26.4 Å². The largest absolute Gasteiger partial charge is 0.484 e. The number of benzene rings is 1. The lowest BCUT2D eigenvalue weighted by molar-refractivity contribution is -0.135. The van der Waals surface area contributed by atoms with Gasteiger partial charge in [-0.05, 0) is 56.9 Å². The lowest BCUT2D eigenvalue weighted by Gasteiger charge is -2.26. The van der Waals surface area contributed by atoms with Crippen LogP contribution in [0, 0.1) is 13.8 Å². The summed E-state index contributed by atoms with van der Waals surface area (Å²) in [6, 6.07) is 9.28. The van der Waals surface area contributed by atoms with Crippen molar-refractivity contribution < 1.29 is 23.8 Å². The molecule has 1 N–H and O–H groups in total. The number of aromatic amines is 1. The molecule has 0 bridgehead atoms. The van der Waals surface area contributed by atoms with Crippen LogP contribution in [0.15, 0.2) is 30.3 Å². The molecule has 7 heteroatoms. The summed E-state index contributed by atoms with van der Waals surface area (Å²) in [5, 5.41) is 0. The highest BCUT2D eigenvalue weighted by Gasteiger charge is 2.26. The minimum atomic E-state index is -0.381. The van der Waals surface area contributed by atoms with Crippen LogP contribution in [0.1, 0.15) is 47.1 Å². The van der Waals surface area contributed by atoms with Crippen LogP contribution in [0.5, 0.6) is 5.75 Å². The first-order chi connectivity index (χ1) is 14.5. The number of amides is 1. The Morgan fingerprint density at radius 2 is 2.00 bits per heavy atom. The predicted octanol–water partition coefficient (Wildman–Crippen LogP) is 3.39. The first-order valence-electron chi connectivity index (χ1n) is 10.4. The number of carbonyl (C=O) groups excluding carboxylic acids is 2. The number of esters is 1. The maximum atomic E-state index is 13.0. The van der Waals surface area contributed by atoms with Gasteiger partial charge in [-0.15, -0.1) is 0 Å². The average molecular weight is 415 g/mol. The van der Waals surface area contributed by atoms with E-state index in [-0.39, 0.29) is 24.6 Å². The molecule has 1 aliphatic heterocycles. The Kier molecular flexibility index (Phi) is 7.52. The number of nitrogens with zero attached hydrogens (tertiary/aromatic N) is 1. The molecule has 1 atom stereocenters. The van der Waals surface area contributed by atoms with E-state index in [2.05, 4.69) is 4.98 Å². The molecule has 0 aliphatic carbocycles. The number of hydrogen-bond acceptors (Lipinski definition) is 5. The third-order valence-corrected chi connectivity index (χ3v) is 5.33. The number of aromatic nitrogens is 1. The third kappa shape index (κ3) is 5.42. The topological polar surface area (TPSA) is 80.9 Å². The molecule has 7 nitrogen and oxygen atoms in total. The van der Waals surface area contributed by atoms with Gasteiger partial charge < -0.3 is 24.1 Å². The van der Waals surface area contributed by atoms with E-state index in [1.165, 1.54) is 0 Å². The Hall–Kier alpha value is -2.80. The maximum Gasteiger partial charge on any atom is 0.355 e. The quantitative estimate of drug-likeness (QED) is 0.636. The van der Waals surface area contributed by atoms with Gasteiger partial charge in [-0.2, -0.15) is 0 Å². The van der Waals surface area contributed by atoms with Gasteiger partial charge in [-0.3, -0.25) is 4.79 Å². The van der Waals surface area contributed by atoms with Crippen molar-refractivity contribution >= 4 is 11.9 Å². The Morgan fingerprint density at radius 1 is 1.23 bits per heavy atom. The van der Waals surface area contributed by atoms with Gasteiger partial charge in [-0.25, -0.2) is 4.79 Å². The molecule has 1 saturated heterocycles. The Labute approximate surface area is 177 Å². The van der Waals surface area contributed by atoms with Crippen molar-refractivity contribution in [3.63, 3.8) is 0 Å². The summed E-state index contributed by atoms with van der Waals surface area (Å²) in [6.45, 7) is 7.41. The summed E-state index contributed by atoms with van der Waals surface area (Å²) in [6.07, 6.45) is 1.96. The number of aryl methyl sites for hydroxylation is 1. The fraction of sp³-hybridized carbons (Fsp3) is 0.478. The van der Waals surface area contributed by atoms with Crippen LogP contribution in [0.4, 0.5) is 0 Å². The molecule has 0 spiro atoms. The van der Waals surface area contributed by atoms with Crippen LogP contribution in [0.25, 0.3) is 0 Å². The summed E-state index contributed by atoms with van der Waals surface area (Å²) in [5.74, 6) is 0.155. The number of H-pyrrole nitrogens is 1. The lowest BCUT2D eigenvalue weighted by atomic mass is 10.1. The minimum absolute atomic E-state index is 0.0229. The van der Waals surface area contributed by atoms with Gasteiger partial charge in [0.05, 0.1) is 12.7 Å². The molecule has 1 aliphatic rings. The molecule has 30 heavy (non-hydrogen) atoms. The number of rotatable bonds is 9. The van der Waals surface area contributed by atoms with Gasteiger partial charge in [0.15, 0.2) is 6.61 Å². The molecule has 1 aromatic heterocycles. The van der Waals surface area contributed by atoms with Crippen LogP contribution >= 0.6 is 0 Å². The van der Waals surface area contributed by atoms with E-state index in [9.17, 15) is 9.59 Å². The number of para-hydroxylation sites is 1. The van der Waals surface area contributed by atoms with E-state index in [0.29, 0.717) is 31.1 Å². The zero-order chi connectivity index (χ0) is 21.5. The second-order valence-corrected chi connectivity index (χ2v) is 7.46. The van der Waals surface area contributed by atoms with Gasteiger partial charge in [0, 0.05) is 25.4 Å². The second-order valence-electron chi connectivity index (χ2n) is 7.46. The Balaban J connectivity index is 1.75. The van der Waals surface area contributed by atoms with E-state index >= 15 is 0 Å². The molecule has 0 saturated carbocycles. The summed E-state index contributed by atoms with van der Waals surface area (Å²) in [5.41, 5.74) is 3.02. The third-order valence-electron chi connectivity index (χ3n) is 5.33. The van der Waals surface area contributed by atoms with E-state index in [1.807, 2.05) is 44.2 Å². The van der Waals surface area contributed by atoms with E-state index < -0.39 is 0 Å². The molecule has 0 radical (unpaired) electrons. The van der Waals surface area contributed by atoms with Crippen LogP contribution in [0.3, 0.4) is 0 Å². The number of nitrogens with one attached hydrogen (secondary N) is 1. The van der Waals surface area contributed by atoms with Gasteiger partial charge in [0.25, 0.3) is 5.91 Å². The van der Waals surface area contributed by atoms with E-state index in [0.717, 1.165) is 36.3 Å². The fourth-order valence-electron chi connectivity index (χ4n) is 3.67. The molecule has 1 amide bonds. The van der Waals surface area contributed by atoms with Gasteiger partial charge in [-0.1, -0.05) is 18.2 Å². The normalized spacial score (nSPS) is 15.8. The molecule has 2 aromatic rings. The monoisotopic (exact) mass is 414 g/mol. The lowest BCUT2D eigenvalue weighted by Crippen LogP contribution is -2.39. The molecular formula is C23H30N2O5. The van der Waals surface area contributed by atoms with E-state index in [4.69, 9.17) is 14.2 Å². The smallest absolute Gasteiger partial charge is 0.355 e. The van der Waals surface area contributed by atoms with Crippen LogP contribution in [-0.4, -0.2) is 54.2 Å². The average Bonchev–Trinajstić information content (AvgIpc) is 3.35. The van der Waals surface area contributed by atoms with Crippen molar-refractivity contribution in [3.05, 3.63) is 52.8 Å². The molecule has 1 aromatic carbocycles. The highest BCUT2D eigenvalue weighted by atomic mass is 16.5. The number of hydrogen-bond donors (Lipinski definition) is 1. The summed E-state index contributed by atoms with van der Waals surface area (Å²) >= 11 is 0. The molecule has 0 unspecified atom stereocenters. The standard InChI is InChI=1S/C23H30N2O5/c1-4-28-23(27)22-16(2)20(17(3)24-22)14-25(13-19-11-8-12-29-19)21(26)15-30-18-9-6-5-7-10-18/h5-7,9-10,19,24H,4,8,11-15H2,1-3H3/t19-/m1/s1. The Bertz CT molecular complexity index is 856. The predicted molar refractivity (Wildman–Crippen MR) is 113 cm³/mol. The van der Waals surface area contributed by atoms with Crippen molar-refractivity contribution in [1.82, 2.24) is 9.88 Å². The zero-order valence-corrected chi connectivity index (χ0v) is 17.9. The van der Waals surface area contributed by atoms with Gasteiger partial charge in [0.2, 0.25) is 0 Å². The zero-order valence-electron chi connectivity index (χ0n) is 17.9. The molecular weight excluding hydrogens is 384 g/mol. The molecule has 162 valence electrons. The SMILES string of the molecule is CCOC(=O)c1[nH]c(C)c(CN(C[C@H]2CCCO2)C(=O)COc2ccccc2)c1C. The van der Waals surface area contributed by atoms with Gasteiger partial charge >= 0.3 is 5.97 Å². The molecule has 3 rings (SSSR count). The van der Waals surface area contributed by atoms with E-state index in [1.54, 1.807) is 11.8 Å². The van der Waals surface area contributed by atoms with Crippen molar-refractivity contribution in [2.45, 2.75) is 46.3 Å². The first-order valence-corrected chi connectivity index (χ1v) is 10.4. The highest BCUT2D eigenvalue weighted by molar-refractivity contribution is 5.90. The first kappa shape index (κ1) is 21.9. The summed E-state index contributed by atoms with van der Waals surface area (Å²) < 4.78 is 16.6. The number of carbonyl (C=O) groups is 2. The summed E-state index contributed by atoms with van der Waals surface area (Å²) in [7, 11) is 0. The highest BCUT2D eigenvalue weighted by Crippen LogP contribution is 2.22. The van der Waals surface area contributed by atoms with Crippen molar-refractivity contribution in [1.29, 1.82) is 0 Å². The van der Waals surface area contributed by atoms with Gasteiger partial charge in [0.1, 0.15) is 11.4 Å². The van der Waals surface area contributed by atoms with Crippen molar-refractivity contribution in [3.8, 4) is 5.75 Å². The van der Waals surface area contributed by atoms with Crippen molar-refractivity contribution in [2.24, 2.45) is 0 Å². The Morgan fingerprint density at radius 3 is 2.67 bits per heavy atom. The van der Waals surface area contributed by atoms with Crippen LogP contribution in [0.2, 0.25) is 0 Å². The van der Waals surface area contributed by atoms with Crippen LogP contribution in [-0.2, 0) is 20.8 Å². The van der Waals surface area contributed by atoms with Crippen LogP contribution < -0.4 is 4.74 Å². The minimum Gasteiger partial charge on any atom is -0.484 e. The maximum absolute atomic E-state index is 13.0.